The van der Waals surface area contributed by atoms with Crippen LogP contribution in [0, 0.1) is 0 Å². The van der Waals surface area contributed by atoms with Crippen molar-refractivity contribution in [2.24, 2.45) is 4.99 Å². The van der Waals surface area contributed by atoms with Crippen molar-refractivity contribution >= 4 is 12.1 Å². The number of rotatable bonds is 4. The number of halogens is 2. The Balaban J connectivity index is 1.67. The third-order valence-electron chi connectivity index (χ3n) is 4.45. The first-order valence-electron chi connectivity index (χ1n) is 8.35. The molecule has 3 rings (SSSR count). The highest BCUT2D eigenvalue weighted by Crippen LogP contribution is 2.29. The Morgan fingerprint density at radius 1 is 1.36 bits per heavy atom. The highest BCUT2D eigenvalue weighted by molar-refractivity contribution is 5.94. The van der Waals surface area contributed by atoms with Crippen LogP contribution in [0.2, 0.25) is 0 Å². The van der Waals surface area contributed by atoms with Crippen LogP contribution in [0.25, 0.3) is 0 Å². The van der Waals surface area contributed by atoms with E-state index in [1.54, 1.807) is 29.3 Å². The van der Waals surface area contributed by atoms with Gasteiger partial charge in [0.1, 0.15) is 5.70 Å². The fraction of sp³-hybridized carbons (Fsp3) is 0.444. The van der Waals surface area contributed by atoms with Crippen LogP contribution >= 0.6 is 0 Å². The van der Waals surface area contributed by atoms with E-state index in [1.807, 2.05) is 18.2 Å². The van der Waals surface area contributed by atoms with Gasteiger partial charge in [0.15, 0.2) is 0 Å². The second kappa shape index (κ2) is 7.41. The number of aliphatic imine (C=N–C) groups is 1. The van der Waals surface area contributed by atoms with E-state index in [0.29, 0.717) is 24.4 Å². The van der Waals surface area contributed by atoms with E-state index in [1.165, 1.54) is 0 Å². The summed E-state index contributed by atoms with van der Waals surface area (Å²) in [4.78, 5) is 18.1. The molecule has 5 nitrogen and oxygen atoms in total. The molecular weight excluding hydrogens is 328 g/mol. The van der Waals surface area contributed by atoms with Crippen LogP contribution in [0.5, 0.6) is 0 Å². The molecule has 0 radical (unpaired) electrons. The van der Waals surface area contributed by atoms with Gasteiger partial charge >= 0.3 is 0 Å². The van der Waals surface area contributed by atoms with Gasteiger partial charge < -0.3 is 0 Å². The largest absolute Gasteiger partial charge is 0.295 e. The molecule has 1 atom stereocenters. The predicted molar refractivity (Wildman–Crippen MR) is 89.5 cm³/mol. The van der Waals surface area contributed by atoms with E-state index in [-0.39, 0.29) is 31.2 Å². The van der Waals surface area contributed by atoms with Crippen LogP contribution in [0.4, 0.5) is 8.78 Å². The molecular formula is C18H21F2N3O2. The number of benzene rings is 1. The average molecular weight is 349 g/mol. The summed E-state index contributed by atoms with van der Waals surface area (Å²) in [6.45, 7) is 0.300. The molecule has 1 unspecified atom stereocenters. The van der Waals surface area contributed by atoms with Gasteiger partial charge in [0.25, 0.3) is 11.8 Å². The van der Waals surface area contributed by atoms with Gasteiger partial charge in [0.05, 0.1) is 13.1 Å². The molecule has 1 fully saturated rings. The number of nitrogens with zero attached hydrogens (tertiary/aromatic N) is 3. The number of amides is 1. The molecule has 1 amide bonds. The first kappa shape index (κ1) is 17.7. The molecule has 1 aromatic rings. The average Bonchev–Trinajstić information content (AvgIpc) is 2.61. The summed E-state index contributed by atoms with van der Waals surface area (Å²) >= 11 is 0. The normalized spacial score (nSPS) is 23.2. The van der Waals surface area contributed by atoms with Crippen LogP contribution in [-0.2, 0) is 11.3 Å². The van der Waals surface area contributed by atoms with Crippen LogP contribution in [0.3, 0.4) is 0 Å². The molecule has 0 aromatic heterocycles. The quantitative estimate of drug-likeness (QED) is 0.672. The highest BCUT2D eigenvalue weighted by Gasteiger charge is 2.37. The zero-order valence-electron chi connectivity index (χ0n) is 13.8. The second-order valence-electron chi connectivity index (χ2n) is 6.45. The zero-order chi connectivity index (χ0) is 17.9. The summed E-state index contributed by atoms with van der Waals surface area (Å²) in [5.41, 5.74) is 0.870. The number of hydrogen-bond donors (Lipinski definition) is 1. The minimum atomic E-state index is -2.69. The molecule has 25 heavy (non-hydrogen) atoms. The maximum Gasteiger partial charge on any atom is 0.295 e. The smallest absolute Gasteiger partial charge is 0.291 e. The molecule has 0 spiro atoms. The third-order valence-corrected chi connectivity index (χ3v) is 4.45. The molecule has 1 saturated heterocycles. The molecule has 0 aliphatic carbocycles. The maximum absolute atomic E-state index is 13.6. The SMILES string of the molecule is O=C(C1=CC(N2CCCC(F)(F)C2)CC=N1)N(O)Cc1ccccc1. The van der Waals surface area contributed by atoms with Gasteiger partial charge in [-0.15, -0.1) is 0 Å². The fourth-order valence-electron chi connectivity index (χ4n) is 3.17. The Morgan fingerprint density at radius 3 is 2.84 bits per heavy atom. The Morgan fingerprint density at radius 2 is 2.12 bits per heavy atom. The lowest BCUT2D eigenvalue weighted by molar-refractivity contribution is -0.163. The second-order valence-corrected chi connectivity index (χ2v) is 6.45. The standard InChI is InChI=1S/C18H21F2N3O2/c19-18(20)8-4-10-22(13-18)15-7-9-21-16(11-15)17(24)23(25)12-14-5-2-1-3-6-14/h1-3,5-6,9,11,15,25H,4,7-8,10,12-13H2. The summed E-state index contributed by atoms with van der Waals surface area (Å²) in [5, 5.41) is 10.6. The number of alkyl halides is 2. The van der Waals surface area contributed by atoms with E-state index in [2.05, 4.69) is 4.99 Å². The Labute approximate surface area is 145 Å². The van der Waals surface area contributed by atoms with Gasteiger partial charge in [-0.2, -0.15) is 0 Å². The first-order chi connectivity index (χ1) is 11.9. The summed E-state index contributed by atoms with van der Waals surface area (Å²) in [6, 6.07) is 8.78. The number of hydroxylamine groups is 2. The maximum atomic E-state index is 13.6. The molecule has 2 aliphatic heterocycles. The highest BCUT2D eigenvalue weighted by atomic mass is 19.3. The summed E-state index contributed by atoms with van der Waals surface area (Å²) < 4.78 is 27.2. The van der Waals surface area contributed by atoms with E-state index < -0.39 is 11.8 Å². The fourth-order valence-corrected chi connectivity index (χ4v) is 3.17. The Bertz CT molecular complexity index is 676. The van der Waals surface area contributed by atoms with Crippen molar-refractivity contribution in [2.75, 3.05) is 13.1 Å². The van der Waals surface area contributed by atoms with E-state index in [0.717, 1.165) is 5.56 Å². The van der Waals surface area contributed by atoms with Crippen molar-refractivity contribution in [3.8, 4) is 0 Å². The zero-order valence-corrected chi connectivity index (χ0v) is 13.8. The van der Waals surface area contributed by atoms with Crippen molar-refractivity contribution in [1.82, 2.24) is 9.96 Å². The van der Waals surface area contributed by atoms with Gasteiger partial charge in [0.2, 0.25) is 0 Å². The number of hydrogen-bond acceptors (Lipinski definition) is 4. The summed E-state index contributed by atoms with van der Waals surface area (Å²) in [5.74, 6) is -3.32. The lowest BCUT2D eigenvalue weighted by Crippen LogP contribution is -2.48. The van der Waals surface area contributed by atoms with E-state index in [9.17, 15) is 18.8 Å². The van der Waals surface area contributed by atoms with Crippen molar-refractivity contribution < 1.29 is 18.8 Å². The first-order valence-corrected chi connectivity index (χ1v) is 8.35. The molecule has 7 heteroatoms. The predicted octanol–water partition coefficient (Wildman–Crippen LogP) is 2.86. The number of carbonyl (C=O) groups excluding carboxylic acids is 1. The number of likely N-dealkylation sites (tertiary alicyclic amines) is 1. The van der Waals surface area contributed by atoms with Gasteiger partial charge in [-0.1, -0.05) is 30.3 Å². The lowest BCUT2D eigenvalue weighted by Gasteiger charge is -2.37. The van der Waals surface area contributed by atoms with E-state index >= 15 is 0 Å². The van der Waals surface area contributed by atoms with Crippen LogP contribution in [0.1, 0.15) is 24.8 Å². The summed E-state index contributed by atoms with van der Waals surface area (Å²) in [7, 11) is 0. The topological polar surface area (TPSA) is 56.1 Å². The molecule has 1 aromatic carbocycles. The minimum absolute atomic E-state index is 0.0407. The molecule has 2 heterocycles. The van der Waals surface area contributed by atoms with Gasteiger partial charge in [-0.05, 0) is 24.6 Å². The van der Waals surface area contributed by atoms with Crippen LogP contribution in [0.15, 0.2) is 47.1 Å². The van der Waals surface area contributed by atoms with Crippen molar-refractivity contribution in [3.05, 3.63) is 47.7 Å². The molecule has 0 bridgehead atoms. The lowest BCUT2D eigenvalue weighted by atomic mass is 10.0. The third kappa shape index (κ3) is 4.49. The monoisotopic (exact) mass is 349 g/mol. The van der Waals surface area contributed by atoms with Crippen LogP contribution < -0.4 is 0 Å². The Hall–Kier alpha value is -2.12. The number of piperidine rings is 1. The number of carbonyl (C=O) groups is 1. The minimum Gasteiger partial charge on any atom is -0.291 e. The van der Waals surface area contributed by atoms with Gasteiger partial charge in [0, 0.05) is 25.1 Å². The molecule has 0 saturated carbocycles. The molecule has 1 N–H and O–H groups in total. The molecule has 2 aliphatic rings. The van der Waals surface area contributed by atoms with Crippen molar-refractivity contribution in [1.29, 1.82) is 0 Å². The molecule has 134 valence electrons. The van der Waals surface area contributed by atoms with E-state index in [4.69, 9.17) is 0 Å². The van der Waals surface area contributed by atoms with Gasteiger partial charge in [-0.3, -0.25) is 19.9 Å². The van der Waals surface area contributed by atoms with Crippen molar-refractivity contribution in [3.63, 3.8) is 0 Å². The Kier molecular flexibility index (Phi) is 5.24. The van der Waals surface area contributed by atoms with Gasteiger partial charge in [-0.25, -0.2) is 13.8 Å². The van der Waals surface area contributed by atoms with Crippen LogP contribution in [-0.4, -0.2) is 52.3 Å². The van der Waals surface area contributed by atoms with Crippen molar-refractivity contribution in [2.45, 2.75) is 37.8 Å². The summed E-state index contributed by atoms with van der Waals surface area (Å²) in [6.07, 6.45) is 3.95.